The van der Waals surface area contributed by atoms with Gasteiger partial charge in [0.1, 0.15) is 0 Å². The molecule has 1 aliphatic heterocycles. The summed E-state index contributed by atoms with van der Waals surface area (Å²) in [6.07, 6.45) is 0. The number of nitrogens with zero attached hydrogens (tertiary/aromatic N) is 1. The molecular weight excluding hydrogens is 252 g/mol. The molecule has 1 saturated heterocycles. The van der Waals surface area contributed by atoms with Crippen LogP contribution in [0.1, 0.15) is 17.3 Å². The molecule has 0 spiro atoms. The van der Waals surface area contributed by atoms with Crippen molar-refractivity contribution in [1.82, 2.24) is 4.90 Å². The number of benzene rings is 1. The topological polar surface area (TPSA) is 40.5 Å². The number of amides is 1. The highest BCUT2D eigenvalue weighted by Crippen LogP contribution is 2.26. The Morgan fingerprint density at radius 3 is 2.47 bits per heavy atom. The molecule has 0 bridgehead atoms. The monoisotopic (exact) mass is 261 g/mol. The first kappa shape index (κ1) is 12.3. The molecule has 1 N–H and O–H groups in total. The highest BCUT2D eigenvalue weighted by Gasteiger charge is 2.40. The summed E-state index contributed by atoms with van der Waals surface area (Å²) in [4.78, 5) is 13.2. The molecule has 1 aromatic rings. The Kier molecular flexibility index (Phi) is 2.83. The standard InChI is InChI=1S/C11H10ClF2NO2/c1-11(17)4-15(5-11)10(16)6-2-8(13)9(14)3-7(6)12/h2-3,17H,4-5H2,1H3. The Labute approximate surface area is 102 Å². The summed E-state index contributed by atoms with van der Waals surface area (Å²) in [6.45, 7) is 1.89. The predicted octanol–water partition coefficient (Wildman–Crippen LogP) is 1.83. The lowest BCUT2D eigenvalue weighted by Crippen LogP contribution is -2.61. The molecule has 0 aromatic heterocycles. The molecule has 1 heterocycles. The van der Waals surface area contributed by atoms with E-state index in [1.54, 1.807) is 6.92 Å². The van der Waals surface area contributed by atoms with Gasteiger partial charge in [-0.05, 0) is 19.1 Å². The van der Waals surface area contributed by atoms with Crippen LogP contribution in [0.15, 0.2) is 12.1 Å². The van der Waals surface area contributed by atoms with E-state index in [0.29, 0.717) is 0 Å². The minimum Gasteiger partial charge on any atom is -0.386 e. The number of hydrogen-bond donors (Lipinski definition) is 1. The van der Waals surface area contributed by atoms with Gasteiger partial charge in [-0.25, -0.2) is 8.78 Å². The molecule has 0 saturated carbocycles. The summed E-state index contributed by atoms with van der Waals surface area (Å²) >= 11 is 5.68. The number of rotatable bonds is 1. The van der Waals surface area contributed by atoms with Gasteiger partial charge in [-0.2, -0.15) is 0 Å². The lowest BCUT2D eigenvalue weighted by Gasteiger charge is -2.44. The van der Waals surface area contributed by atoms with E-state index in [0.717, 1.165) is 12.1 Å². The van der Waals surface area contributed by atoms with Crippen molar-refractivity contribution < 1.29 is 18.7 Å². The van der Waals surface area contributed by atoms with Crippen molar-refractivity contribution in [1.29, 1.82) is 0 Å². The molecule has 2 rings (SSSR count). The van der Waals surface area contributed by atoms with Gasteiger partial charge in [-0.3, -0.25) is 4.79 Å². The maximum Gasteiger partial charge on any atom is 0.255 e. The van der Waals surface area contributed by atoms with Crippen LogP contribution in [0.5, 0.6) is 0 Å². The van der Waals surface area contributed by atoms with Gasteiger partial charge >= 0.3 is 0 Å². The van der Waals surface area contributed by atoms with Gasteiger partial charge in [0.25, 0.3) is 5.91 Å². The number of hydrogen-bond acceptors (Lipinski definition) is 2. The Morgan fingerprint density at radius 2 is 1.94 bits per heavy atom. The summed E-state index contributed by atoms with van der Waals surface area (Å²) in [5, 5.41) is 9.35. The fourth-order valence-corrected chi connectivity index (χ4v) is 2.01. The van der Waals surface area contributed by atoms with Crippen LogP contribution >= 0.6 is 11.6 Å². The molecular formula is C11H10ClF2NO2. The summed E-state index contributed by atoms with van der Waals surface area (Å²) in [5.41, 5.74) is -1.01. The third-order valence-corrected chi connectivity index (χ3v) is 2.90. The van der Waals surface area contributed by atoms with Gasteiger partial charge in [0.05, 0.1) is 29.3 Å². The highest BCUT2D eigenvalue weighted by molar-refractivity contribution is 6.33. The van der Waals surface area contributed by atoms with Crippen molar-refractivity contribution in [3.8, 4) is 0 Å². The average molecular weight is 262 g/mol. The van der Waals surface area contributed by atoms with Crippen molar-refractivity contribution in [3.63, 3.8) is 0 Å². The molecule has 0 radical (unpaired) electrons. The number of halogens is 3. The number of carbonyl (C=O) groups excluding carboxylic acids is 1. The van der Waals surface area contributed by atoms with Gasteiger partial charge < -0.3 is 10.0 Å². The Bertz CT molecular complexity index is 483. The number of aliphatic hydroxyl groups is 1. The van der Waals surface area contributed by atoms with E-state index in [9.17, 15) is 18.7 Å². The van der Waals surface area contributed by atoms with Crippen LogP contribution in [0.2, 0.25) is 5.02 Å². The van der Waals surface area contributed by atoms with E-state index in [2.05, 4.69) is 0 Å². The zero-order valence-electron chi connectivity index (χ0n) is 9.01. The summed E-state index contributed by atoms with van der Waals surface area (Å²) in [7, 11) is 0. The lowest BCUT2D eigenvalue weighted by molar-refractivity contribution is -0.0668. The fourth-order valence-electron chi connectivity index (χ4n) is 1.78. The van der Waals surface area contributed by atoms with Crippen LogP contribution in [0.4, 0.5) is 8.78 Å². The van der Waals surface area contributed by atoms with E-state index >= 15 is 0 Å². The molecule has 3 nitrogen and oxygen atoms in total. The maximum atomic E-state index is 13.0. The third-order valence-electron chi connectivity index (χ3n) is 2.59. The van der Waals surface area contributed by atoms with E-state index in [1.807, 2.05) is 0 Å². The zero-order valence-corrected chi connectivity index (χ0v) is 9.76. The minimum absolute atomic E-state index is 0.0962. The first-order valence-electron chi connectivity index (χ1n) is 4.96. The van der Waals surface area contributed by atoms with Crippen LogP contribution in [0, 0.1) is 11.6 Å². The van der Waals surface area contributed by atoms with Crippen LogP contribution in [0.3, 0.4) is 0 Å². The second kappa shape index (κ2) is 3.92. The molecule has 1 amide bonds. The van der Waals surface area contributed by atoms with Crippen LogP contribution in [0.25, 0.3) is 0 Å². The van der Waals surface area contributed by atoms with Crippen LogP contribution in [-0.2, 0) is 0 Å². The second-order valence-corrected chi connectivity index (χ2v) is 4.81. The molecule has 0 aliphatic carbocycles. The van der Waals surface area contributed by atoms with Gasteiger partial charge in [0.15, 0.2) is 11.6 Å². The number of β-amino-alcohol motifs (C(OH)–C–C–N with tert-alkyl or cyclic N) is 1. The molecule has 17 heavy (non-hydrogen) atoms. The zero-order chi connectivity index (χ0) is 12.8. The summed E-state index contributed by atoms with van der Waals surface area (Å²) < 4.78 is 25.8. The van der Waals surface area contributed by atoms with Crippen molar-refractivity contribution in [3.05, 3.63) is 34.4 Å². The Hall–Kier alpha value is -1.20. The Balaban J connectivity index is 2.24. The van der Waals surface area contributed by atoms with Crippen molar-refractivity contribution >= 4 is 17.5 Å². The van der Waals surface area contributed by atoms with E-state index < -0.39 is 23.1 Å². The summed E-state index contributed by atoms with van der Waals surface area (Å²) in [6, 6.07) is 1.54. The summed E-state index contributed by atoms with van der Waals surface area (Å²) in [5.74, 6) is -2.73. The average Bonchev–Trinajstić information content (AvgIpc) is 2.19. The fraction of sp³-hybridized carbons (Fsp3) is 0.364. The first-order valence-corrected chi connectivity index (χ1v) is 5.34. The molecule has 6 heteroatoms. The normalized spacial score (nSPS) is 17.8. The molecule has 1 aromatic carbocycles. The highest BCUT2D eigenvalue weighted by atomic mass is 35.5. The third kappa shape index (κ3) is 2.25. The van der Waals surface area contributed by atoms with Gasteiger partial charge in [0.2, 0.25) is 0 Å². The van der Waals surface area contributed by atoms with Gasteiger partial charge in [0, 0.05) is 0 Å². The van der Waals surface area contributed by atoms with E-state index in [1.165, 1.54) is 4.90 Å². The smallest absolute Gasteiger partial charge is 0.255 e. The lowest BCUT2D eigenvalue weighted by atomic mass is 9.96. The SMILES string of the molecule is CC1(O)CN(C(=O)c2cc(F)c(F)cc2Cl)C1. The predicted molar refractivity (Wildman–Crippen MR) is 57.9 cm³/mol. The van der Waals surface area contributed by atoms with Crippen molar-refractivity contribution in [2.24, 2.45) is 0 Å². The minimum atomic E-state index is -1.12. The number of likely N-dealkylation sites (tertiary alicyclic amines) is 1. The molecule has 0 unspecified atom stereocenters. The molecule has 0 atom stereocenters. The van der Waals surface area contributed by atoms with Gasteiger partial charge in [-0.15, -0.1) is 0 Å². The second-order valence-electron chi connectivity index (χ2n) is 4.40. The quantitative estimate of drug-likeness (QED) is 0.784. The van der Waals surface area contributed by atoms with Crippen LogP contribution < -0.4 is 0 Å². The molecule has 1 fully saturated rings. The van der Waals surface area contributed by atoms with Crippen LogP contribution in [-0.4, -0.2) is 34.6 Å². The maximum absolute atomic E-state index is 13.0. The van der Waals surface area contributed by atoms with E-state index in [-0.39, 0.29) is 23.7 Å². The van der Waals surface area contributed by atoms with E-state index in [4.69, 9.17) is 11.6 Å². The first-order chi connectivity index (χ1) is 7.80. The van der Waals surface area contributed by atoms with Gasteiger partial charge in [-0.1, -0.05) is 11.6 Å². The molecule has 1 aliphatic rings. The van der Waals surface area contributed by atoms with Crippen molar-refractivity contribution in [2.45, 2.75) is 12.5 Å². The Morgan fingerprint density at radius 1 is 1.41 bits per heavy atom. The largest absolute Gasteiger partial charge is 0.386 e. The number of carbonyl (C=O) groups is 1. The molecule has 92 valence electrons. The van der Waals surface area contributed by atoms with Crippen molar-refractivity contribution in [2.75, 3.05) is 13.1 Å².